The summed E-state index contributed by atoms with van der Waals surface area (Å²) in [6.45, 7) is 2.60. The van der Waals surface area contributed by atoms with Gasteiger partial charge in [0.2, 0.25) is 10.0 Å². The lowest BCUT2D eigenvalue weighted by molar-refractivity contribution is 0.393. The Labute approximate surface area is 120 Å². The van der Waals surface area contributed by atoms with Gasteiger partial charge in [-0.2, -0.15) is 4.31 Å². The molecule has 1 fully saturated rings. The molecule has 0 aliphatic carbocycles. The van der Waals surface area contributed by atoms with Gasteiger partial charge in [0.15, 0.2) is 0 Å². The van der Waals surface area contributed by atoms with Crippen LogP contribution in [0, 0.1) is 0 Å². The summed E-state index contributed by atoms with van der Waals surface area (Å²) in [4.78, 5) is 0.245. The van der Waals surface area contributed by atoms with E-state index >= 15 is 0 Å². The van der Waals surface area contributed by atoms with Gasteiger partial charge in [0.05, 0.1) is 7.11 Å². The van der Waals surface area contributed by atoms with E-state index in [-0.39, 0.29) is 17.3 Å². The summed E-state index contributed by atoms with van der Waals surface area (Å²) >= 11 is 0. The van der Waals surface area contributed by atoms with Gasteiger partial charge in [-0.25, -0.2) is 8.42 Å². The van der Waals surface area contributed by atoms with Crippen LogP contribution in [0.3, 0.4) is 0 Å². The van der Waals surface area contributed by atoms with Crippen molar-refractivity contribution in [3.05, 3.63) is 24.3 Å². The third-order valence-corrected chi connectivity index (χ3v) is 4.92. The Bertz CT molecular complexity index is 499. The predicted octanol–water partition coefficient (Wildman–Crippen LogP) is 1.10. The Morgan fingerprint density at radius 1 is 1.21 bits per heavy atom. The lowest BCUT2D eigenvalue weighted by atomic mass is 10.3. The first-order valence-corrected chi connectivity index (χ1v) is 7.44. The summed E-state index contributed by atoms with van der Waals surface area (Å²) in [6, 6.07) is 6.74. The van der Waals surface area contributed by atoms with Crippen molar-refractivity contribution in [3.8, 4) is 5.75 Å². The molecule has 1 saturated heterocycles. The van der Waals surface area contributed by atoms with Gasteiger partial charge in [-0.15, -0.1) is 12.4 Å². The SMILES string of the molecule is COc1ccccc1S(=O)(=O)N1CCCNCC1.Cl. The van der Waals surface area contributed by atoms with E-state index in [1.165, 1.54) is 11.4 Å². The van der Waals surface area contributed by atoms with Gasteiger partial charge in [-0.05, 0) is 25.1 Å². The second-order valence-corrected chi connectivity index (χ2v) is 6.06. The number of hydrogen-bond acceptors (Lipinski definition) is 4. The van der Waals surface area contributed by atoms with E-state index in [4.69, 9.17) is 4.74 Å². The third-order valence-electron chi connectivity index (χ3n) is 2.99. The van der Waals surface area contributed by atoms with Crippen LogP contribution in [0.1, 0.15) is 6.42 Å². The standard InChI is InChI=1S/C12H18N2O3S.ClH/c1-17-11-5-2-3-6-12(11)18(15,16)14-9-4-7-13-8-10-14;/h2-3,5-6,13H,4,7-10H2,1H3;1H. The molecule has 7 heteroatoms. The summed E-state index contributed by atoms with van der Waals surface area (Å²) in [5.41, 5.74) is 0. The Morgan fingerprint density at radius 3 is 2.68 bits per heavy atom. The van der Waals surface area contributed by atoms with Gasteiger partial charge in [0.1, 0.15) is 10.6 Å². The predicted molar refractivity (Wildman–Crippen MR) is 76.5 cm³/mol. The number of benzene rings is 1. The van der Waals surface area contributed by atoms with Crippen molar-refractivity contribution in [2.75, 3.05) is 33.3 Å². The van der Waals surface area contributed by atoms with E-state index in [1.807, 2.05) is 0 Å². The van der Waals surface area contributed by atoms with Crippen molar-refractivity contribution < 1.29 is 13.2 Å². The second-order valence-electron chi connectivity index (χ2n) is 4.16. The molecule has 1 aliphatic rings. The minimum absolute atomic E-state index is 0. The Balaban J connectivity index is 0.00000180. The number of nitrogens with zero attached hydrogens (tertiary/aromatic N) is 1. The number of ether oxygens (including phenoxy) is 1. The zero-order valence-electron chi connectivity index (χ0n) is 10.8. The fourth-order valence-corrected chi connectivity index (χ4v) is 3.67. The van der Waals surface area contributed by atoms with E-state index in [0.29, 0.717) is 25.4 Å². The first-order chi connectivity index (χ1) is 8.66. The van der Waals surface area contributed by atoms with Gasteiger partial charge >= 0.3 is 0 Å². The van der Waals surface area contributed by atoms with E-state index in [0.717, 1.165) is 13.0 Å². The normalized spacial score (nSPS) is 17.3. The summed E-state index contributed by atoms with van der Waals surface area (Å²) in [5.74, 6) is 0.398. The molecule has 1 aromatic rings. The Morgan fingerprint density at radius 2 is 1.95 bits per heavy atom. The first kappa shape index (κ1) is 16.2. The molecular weight excluding hydrogens is 288 g/mol. The quantitative estimate of drug-likeness (QED) is 0.908. The van der Waals surface area contributed by atoms with Gasteiger partial charge in [0.25, 0.3) is 0 Å². The van der Waals surface area contributed by atoms with Crippen LogP contribution in [-0.2, 0) is 10.0 Å². The number of hydrogen-bond donors (Lipinski definition) is 1. The van der Waals surface area contributed by atoms with E-state index in [9.17, 15) is 8.42 Å². The van der Waals surface area contributed by atoms with Crippen LogP contribution in [0.4, 0.5) is 0 Å². The van der Waals surface area contributed by atoms with Crippen LogP contribution in [0.15, 0.2) is 29.2 Å². The van der Waals surface area contributed by atoms with Crippen molar-refractivity contribution in [1.82, 2.24) is 9.62 Å². The monoisotopic (exact) mass is 306 g/mol. The highest BCUT2D eigenvalue weighted by molar-refractivity contribution is 7.89. The van der Waals surface area contributed by atoms with Crippen LogP contribution < -0.4 is 10.1 Å². The molecule has 1 aliphatic heterocycles. The van der Waals surface area contributed by atoms with Crippen molar-refractivity contribution in [3.63, 3.8) is 0 Å². The van der Waals surface area contributed by atoms with Crippen molar-refractivity contribution in [2.24, 2.45) is 0 Å². The fourth-order valence-electron chi connectivity index (χ4n) is 2.03. The molecule has 0 unspecified atom stereocenters. The number of methoxy groups -OCH3 is 1. The topological polar surface area (TPSA) is 58.6 Å². The lowest BCUT2D eigenvalue weighted by Crippen LogP contribution is -2.34. The van der Waals surface area contributed by atoms with E-state index in [1.54, 1.807) is 24.3 Å². The van der Waals surface area contributed by atoms with E-state index in [2.05, 4.69) is 5.32 Å². The van der Waals surface area contributed by atoms with Crippen LogP contribution in [0.5, 0.6) is 5.75 Å². The zero-order valence-corrected chi connectivity index (χ0v) is 12.5. The van der Waals surface area contributed by atoms with Gasteiger partial charge in [0, 0.05) is 19.6 Å². The highest BCUT2D eigenvalue weighted by Gasteiger charge is 2.27. The van der Waals surface area contributed by atoms with Crippen LogP contribution >= 0.6 is 12.4 Å². The lowest BCUT2D eigenvalue weighted by Gasteiger charge is -2.20. The molecule has 0 bridgehead atoms. The van der Waals surface area contributed by atoms with Crippen LogP contribution in [0.2, 0.25) is 0 Å². The molecule has 108 valence electrons. The van der Waals surface area contributed by atoms with Crippen molar-refractivity contribution in [2.45, 2.75) is 11.3 Å². The third kappa shape index (κ3) is 3.60. The molecule has 1 heterocycles. The number of halogens is 1. The van der Waals surface area contributed by atoms with Gasteiger partial charge in [-0.3, -0.25) is 0 Å². The summed E-state index contributed by atoms with van der Waals surface area (Å²) in [5, 5.41) is 3.19. The maximum atomic E-state index is 12.5. The minimum atomic E-state index is -3.46. The largest absolute Gasteiger partial charge is 0.495 e. The number of nitrogens with one attached hydrogen (secondary N) is 1. The van der Waals surface area contributed by atoms with Gasteiger partial charge in [-0.1, -0.05) is 12.1 Å². The molecule has 0 spiro atoms. The maximum absolute atomic E-state index is 12.5. The molecule has 0 radical (unpaired) electrons. The van der Waals surface area contributed by atoms with Crippen molar-refractivity contribution in [1.29, 1.82) is 0 Å². The minimum Gasteiger partial charge on any atom is -0.495 e. The molecular formula is C12H19ClN2O3S. The maximum Gasteiger partial charge on any atom is 0.246 e. The van der Waals surface area contributed by atoms with Crippen LogP contribution in [-0.4, -0.2) is 46.0 Å². The van der Waals surface area contributed by atoms with Crippen molar-refractivity contribution >= 4 is 22.4 Å². The zero-order chi connectivity index (χ0) is 13.0. The molecule has 0 atom stereocenters. The highest BCUT2D eigenvalue weighted by Crippen LogP contribution is 2.26. The van der Waals surface area contributed by atoms with Gasteiger partial charge < -0.3 is 10.1 Å². The summed E-state index contributed by atoms with van der Waals surface area (Å²) in [7, 11) is -1.98. The first-order valence-electron chi connectivity index (χ1n) is 6.00. The molecule has 0 amide bonds. The molecule has 19 heavy (non-hydrogen) atoms. The molecule has 0 aromatic heterocycles. The molecule has 2 rings (SSSR count). The fraction of sp³-hybridized carbons (Fsp3) is 0.500. The van der Waals surface area contributed by atoms with Crippen LogP contribution in [0.25, 0.3) is 0 Å². The second kappa shape index (κ2) is 7.09. The Kier molecular flexibility index (Phi) is 6.06. The molecule has 5 nitrogen and oxygen atoms in total. The average Bonchev–Trinajstić information content (AvgIpc) is 2.68. The molecule has 1 aromatic carbocycles. The van der Waals surface area contributed by atoms with E-state index < -0.39 is 10.0 Å². The number of para-hydroxylation sites is 1. The average molecular weight is 307 g/mol. The number of sulfonamides is 1. The molecule has 0 saturated carbocycles. The molecule has 1 N–H and O–H groups in total. The number of rotatable bonds is 3. The Hall–Kier alpha value is -0.820. The summed E-state index contributed by atoms with van der Waals surface area (Å²) in [6.07, 6.45) is 0.828. The highest BCUT2D eigenvalue weighted by atomic mass is 35.5. The summed E-state index contributed by atoms with van der Waals surface area (Å²) < 4.78 is 31.7. The smallest absolute Gasteiger partial charge is 0.246 e.